The number of nitrogens with zero attached hydrogens (tertiary/aromatic N) is 1. The Bertz CT molecular complexity index is 1040. The third-order valence-electron chi connectivity index (χ3n) is 4.57. The minimum Gasteiger partial charge on any atom is -0.497 e. The Morgan fingerprint density at radius 1 is 1.25 bits per heavy atom. The summed E-state index contributed by atoms with van der Waals surface area (Å²) >= 11 is 0. The number of ether oxygens (including phenoxy) is 1. The molecule has 8 nitrogen and oxygen atoms in total. The standard InChI is InChI=1S/C19H21N3O5S/c1-12-16-10-15(7-8-17(16)21-19(12)24)28(25,26)22(2)11-18(23)20-13-5-4-6-14(9-13)27-3/h4-10,12H,11H2,1-3H3,(H,20,23)(H,21,24)/t12-/m1/s1. The first-order valence-corrected chi connectivity index (χ1v) is 10.0. The van der Waals surface area contributed by atoms with Gasteiger partial charge in [0.1, 0.15) is 5.75 Å². The molecule has 1 atom stereocenters. The molecular weight excluding hydrogens is 382 g/mol. The summed E-state index contributed by atoms with van der Waals surface area (Å²) in [5.41, 5.74) is 1.74. The Morgan fingerprint density at radius 2 is 2.00 bits per heavy atom. The molecule has 1 heterocycles. The summed E-state index contributed by atoms with van der Waals surface area (Å²) in [6.07, 6.45) is 0. The molecule has 3 rings (SSSR count). The Hall–Kier alpha value is -2.91. The minimum atomic E-state index is -3.89. The van der Waals surface area contributed by atoms with Gasteiger partial charge < -0.3 is 15.4 Å². The normalized spacial score (nSPS) is 15.9. The molecule has 0 radical (unpaired) electrons. The quantitative estimate of drug-likeness (QED) is 0.768. The first kappa shape index (κ1) is 19.8. The van der Waals surface area contributed by atoms with Crippen molar-refractivity contribution in [1.82, 2.24) is 4.31 Å². The molecule has 0 aliphatic carbocycles. The van der Waals surface area contributed by atoms with Crippen LogP contribution in [0.3, 0.4) is 0 Å². The van der Waals surface area contributed by atoms with Crippen molar-refractivity contribution in [2.45, 2.75) is 17.7 Å². The fourth-order valence-corrected chi connectivity index (χ4v) is 4.09. The number of carbonyl (C=O) groups excluding carboxylic acids is 2. The molecule has 1 aliphatic heterocycles. The maximum absolute atomic E-state index is 12.8. The molecule has 0 spiro atoms. The average molecular weight is 403 g/mol. The lowest BCUT2D eigenvalue weighted by molar-refractivity contribution is -0.117. The van der Waals surface area contributed by atoms with Gasteiger partial charge in [-0.2, -0.15) is 4.31 Å². The molecule has 1 aliphatic rings. The minimum absolute atomic E-state index is 0.0336. The summed E-state index contributed by atoms with van der Waals surface area (Å²) in [6.45, 7) is 1.35. The molecule has 9 heteroatoms. The first-order chi connectivity index (χ1) is 13.2. The molecule has 0 aromatic heterocycles. The zero-order valence-corrected chi connectivity index (χ0v) is 16.5. The number of nitrogens with one attached hydrogen (secondary N) is 2. The predicted octanol–water partition coefficient (Wildman–Crippen LogP) is 2.01. The van der Waals surface area contributed by atoms with Crippen molar-refractivity contribution >= 4 is 33.2 Å². The zero-order chi connectivity index (χ0) is 20.5. The lowest BCUT2D eigenvalue weighted by Crippen LogP contribution is -2.35. The van der Waals surface area contributed by atoms with Crippen molar-refractivity contribution in [1.29, 1.82) is 0 Å². The van der Waals surface area contributed by atoms with Crippen LogP contribution in [0.1, 0.15) is 18.4 Å². The van der Waals surface area contributed by atoms with Crippen LogP contribution in [-0.4, -0.2) is 45.2 Å². The van der Waals surface area contributed by atoms with Gasteiger partial charge in [0.05, 0.1) is 24.5 Å². The molecule has 0 fully saturated rings. The zero-order valence-electron chi connectivity index (χ0n) is 15.7. The Kier molecular flexibility index (Phi) is 5.39. The van der Waals surface area contributed by atoms with E-state index in [9.17, 15) is 18.0 Å². The van der Waals surface area contributed by atoms with Crippen LogP contribution >= 0.6 is 0 Å². The highest BCUT2D eigenvalue weighted by molar-refractivity contribution is 7.89. The van der Waals surface area contributed by atoms with Crippen molar-refractivity contribution < 1.29 is 22.7 Å². The van der Waals surface area contributed by atoms with E-state index in [-0.39, 0.29) is 17.3 Å². The van der Waals surface area contributed by atoms with Crippen molar-refractivity contribution in [3.8, 4) is 5.75 Å². The van der Waals surface area contributed by atoms with Crippen molar-refractivity contribution in [3.63, 3.8) is 0 Å². The van der Waals surface area contributed by atoms with Gasteiger partial charge >= 0.3 is 0 Å². The van der Waals surface area contributed by atoms with Gasteiger partial charge in [0.15, 0.2) is 0 Å². The fourth-order valence-electron chi connectivity index (χ4n) is 2.92. The third kappa shape index (κ3) is 3.85. The SMILES string of the molecule is COc1cccc(NC(=O)CN(C)S(=O)(=O)c2ccc3c(c2)[C@@H](C)C(=O)N3)c1. The number of amides is 2. The monoisotopic (exact) mass is 403 g/mol. The van der Waals surface area contributed by atoms with Gasteiger partial charge in [-0.05, 0) is 42.8 Å². The fraction of sp³-hybridized carbons (Fsp3) is 0.263. The smallest absolute Gasteiger partial charge is 0.243 e. The van der Waals surface area contributed by atoms with Crippen molar-refractivity contribution in [2.24, 2.45) is 0 Å². The van der Waals surface area contributed by atoms with Crippen molar-refractivity contribution in [2.75, 3.05) is 31.3 Å². The number of likely N-dealkylation sites (N-methyl/N-ethyl adjacent to an activating group) is 1. The molecule has 2 N–H and O–H groups in total. The second-order valence-corrected chi connectivity index (χ2v) is 8.55. The number of hydrogen-bond acceptors (Lipinski definition) is 5. The van der Waals surface area contributed by atoms with E-state index in [0.717, 1.165) is 4.31 Å². The highest BCUT2D eigenvalue weighted by atomic mass is 32.2. The van der Waals surface area contributed by atoms with Gasteiger partial charge in [0, 0.05) is 24.5 Å². The number of benzene rings is 2. The van der Waals surface area contributed by atoms with E-state index < -0.39 is 21.8 Å². The lowest BCUT2D eigenvalue weighted by atomic mass is 10.0. The highest BCUT2D eigenvalue weighted by Gasteiger charge is 2.30. The van der Waals surface area contributed by atoms with Crippen LogP contribution in [0.5, 0.6) is 5.75 Å². The van der Waals surface area contributed by atoms with Gasteiger partial charge in [0.2, 0.25) is 21.8 Å². The van der Waals surface area contributed by atoms with Gasteiger partial charge in [-0.15, -0.1) is 0 Å². The molecule has 0 bridgehead atoms. The number of carbonyl (C=O) groups is 2. The average Bonchev–Trinajstić information content (AvgIpc) is 2.95. The first-order valence-electron chi connectivity index (χ1n) is 8.57. The maximum Gasteiger partial charge on any atom is 0.243 e. The Balaban J connectivity index is 1.73. The van der Waals surface area contributed by atoms with Crippen LogP contribution < -0.4 is 15.4 Å². The van der Waals surface area contributed by atoms with Crippen molar-refractivity contribution in [3.05, 3.63) is 48.0 Å². The van der Waals surface area contributed by atoms with Gasteiger partial charge in [0.25, 0.3) is 0 Å². The molecule has 2 aromatic carbocycles. The van der Waals surface area contributed by atoms with E-state index >= 15 is 0 Å². The van der Waals surface area contributed by atoms with Gasteiger partial charge in [-0.25, -0.2) is 8.42 Å². The molecule has 2 aromatic rings. The Morgan fingerprint density at radius 3 is 2.71 bits per heavy atom. The highest BCUT2D eigenvalue weighted by Crippen LogP contribution is 2.34. The maximum atomic E-state index is 12.8. The van der Waals surface area contributed by atoms with Crippen LogP contribution in [0.25, 0.3) is 0 Å². The topological polar surface area (TPSA) is 105 Å². The van der Waals surface area contributed by atoms with E-state index in [1.165, 1.54) is 26.3 Å². The molecule has 0 unspecified atom stereocenters. The van der Waals surface area contributed by atoms with Crippen LogP contribution in [0, 0.1) is 0 Å². The summed E-state index contributed by atoms with van der Waals surface area (Å²) in [4.78, 5) is 24.1. The molecule has 28 heavy (non-hydrogen) atoms. The summed E-state index contributed by atoms with van der Waals surface area (Å²) < 4.78 is 31.7. The van der Waals surface area contributed by atoms with Crippen LogP contribution in [0.2, 0.25) is 0 Å². The van der Waals surface area contributed by atoms with E-state index in [1.54, 1.807) is 37.3 Å². The van der Waals surface area contributed by atoms with E-state index in [1.807, 2.05) is 0 Å². The molecule has 148 valence electrons. The molecule has 0 saturated carbocycles. The van der Waals surface area contributed by atoms with Crippen LogP contribution in [0.15, 0.2) is 47.4 Å². The molecular formula is C19H21N3O5S. The Labute approximate surface area is 163 Å². The number of anilines is 2. The third-order valence-corrected chi connectivity index (χ3v) is 6.37. The van der Waals surface area contributed by atoms with Gasteiger partial charge in [-0.1, -0.05) is 6.07 Å². The number of sulfonamides is 1. The van der Waals surface area contributed by atoms with Crippen LogP contribution in [0.4, 0.5) is 11.4 Å². The van der Waals surface area contributed by atoms with E-state index in [4.69, 9.17) is 4.74 Å². The molecule has 2 amide bonds. The largest absolute Gasteiger partial charge is 0.497 e. The van der Waals surface area contributed by atoms with E-state index in [0.29, 0.717) is 22.7 Å². The lowest BCUT2D eigenvalue weighted by Gasteiger charge is -2.18. The summed E-state index contributed by atoms with van der Waals surface area (Å²) in [6, 6.07) is 11.2. The summed E-state index contributed by atoms with van der Waals surface area (Å²) in [7, 11) is -1.04. The summed E-state index contributed by atoms with van der Waals surface area (Å²) in [5.74, 6) is -0.498. The second-order valence-electron chi connectivity index (χ2n) is 6.50. The number of hydrogen-bond donors (Lipinski definition) is 2. The van der Waals surface area contributed by atoms with E-state index in [2.05, 4.69) is 10.6 Å². The number of rotatable bonds is 6. The van der Waals surface area contributed by atoms with Gasteiger partial charge in [-0.3, -0.25) is 9.59 Å². The molecule has 0 saturated heterocycles. The van der Waals surface area contributed by atoms with Crippen LogP contribution in [-0.2, 0) is 19.6 Å². The second kappa shape index (κ2) is 7.61. The summed E-state index contributed by atoms with van der Waals surface area (Å²) in [5, 5.41) is 5.35. The number of methoxy groups -OCH3 is 1. The number of fused-ring (bicyclic) bond motifs is 1. The predicted molar refractivity (Wildman–Crippen MR) is 105 cm³/mol.